The first-order valence-corrected chi connectivity index (χ1v) is 4.74. The summed E-state index contributed by atoms with van der Waals surface area (Å²) in [7, 11) is 0. The molecule has 0 radical (unpaired) electrons. The third-order valence-electron chi connectivity index (χ3n) is 2.03. The summed E-state index contributed by atoms with van der Waals surface area (Å²) < 4.78 is 5.14. The van der Waals surface area contributed by atoms with E-state index in [2.05, 4.69) is 17.5 Å². The Morgan fingerprint density at radius 3 is 2.69 bits per heavy atom. The van der Waals surface area contributed by atoms with Gasteiger partial charge in [0.05, 0.1) is 11.5 Å². The molecule has 1 rings (SSSR count). The number of nitrogens with two attached hydrogens (primary N) is 1. The lowest BCUT2D eigenvalue weighted by molar-refractivity contribution is -0.127. The number of nitrogens with one attached hydrogen (secondary N) is 1. The summed E-state index contributed by atoms with van der Waals surface area (Å²) in [5.74, 6) is 0.110. The van der Waals surface area contributed by atoms with Gasteiger partial charge >= 0.3 is 0 Å². The number of amides is 1. The molecule has 5 heteroatoms. The second-order valence-electron chi connectivity index (χ2n) is 3.07. The van der Waals surface area contributed by atoms with E-state index in [1.807, 2.05) is 0 Å². The van der Waals surface area contributed by atoms with Gasteiger partial charge in [0, 0.05) is 19.1 Å². The van der Waals surface area contributed by atoms with E-state index in [1.54, 1.807) is 0 Å². The Morgan fingerprint density at radius 2 is 2.15 bits per heavy atom. The van der Waals surface area contributed by atoms with Crippen LogP contribution in [0, 0.1) is 5.92 Å². The topological polar surface area (TPSA) is 64.3 Å². The van der Waals surface area contributed by atoms with Gasteiger partial charge in [-0.25, -0.2) is 0 Å². The fourth-order valence-electron chi connectivity index (χ4n) is 1.28. The molecule has 0 aliphatic carbocycles. The summed E-state index contributed by atoms with van der Waals surface area (Å²) in [4.78, 5) is 11.7. The maximum Gasteiger partial charge on any atom is 0.223 e. The molecule has 0 unspecified atom stereocenters. The van der Waals surface area contributed by atoms with Crippen LogP contribution in [0.1, 0.15) is 12.8 Å². The van der Waals surface area contributed by atoms with Crippen molar-refractivity contribution in [2.75, 3.05) is 19.8 Å². The number of carbonyl (C=O) groups excluding carboxylic acids is 1. The third-order valence-corrected chi connectivity index (χ3v) is 2.17. The van der Waals surface area contributed by atoms with E-state index in [-0.39, 0.29) is 11.8 Å². The van der Waals surface area contributed by atoms with Gasteiger partial charge in [-0.3, -0.25) is 4.79 Å². The van der Waals surface area contributed by atoms with Crippen molar-refractivity contribution in [1.82, 2.24) is 5.32 Å². The Bertz CT molecular complexity index is 202. The number of ether oxygens (including phenoxy) is 1. The van der Waals surface area contributed by atoms with E-state index in [4.69, 9.17) is 10.5 Å². The van der Waals surface area contributed by atoms with Gasteiger partial charge in [0.1, 0.15) is 0 Å². The van der Waals surface area contributed by atoms with Gasteiger partial charge in [-0.15, -0.1) is 0 Å². The van der Waals surface area contributed by atoms with Crippen molar-refractivity contribution < 1.29 is 9.53 Å². The number of thiocarbonyl (C=S) groups is 1. The van der Waals surface area contributed by atoms with E-state index in [1.165, 1.54) is 0 Å². The lowest BCUT2D eigenvalue weighted by atomic mass is 9.99. The average molecular weight is 202 g/mol. The predicted molar refractivity (Wildman–Crippen MR) is 53.3 cm³/mol. The first-order chi connectivity index (χ1) is 6.20. The molecule has 4 nitrogen and oxygen atoms in total. The quantitative estimate of drug-likeness (QED) is 0.623. The minimum atomic E-state index is 0.0381. The lowest BCUT2D eigenvalue weighted by Gasteiger charge is -2.20. The molecule has 3 N–H and O–H groups in total. The fourth-order valence-corrected chi connectivity index (χ4v) is 1.35. The molecular formula is C8H14N2O2S. The van der Waals surface area contributed by atoms with Gasteiger partial charge in [-0.05, 0) is 12.8 Å². The summed E-state index contributed by atoms with van der Waals surface area (Å²) in [6.07, 6.45) is 1.59. The van der Waals surface area contributed by atoms with Crippen molar-refractivity contribution in [1.29, 1.82) is 0 Å². The van der Waals surface area contributed by atoms with Crippen LogP contribution in [-0.2, 0) is 9.53 Å². The fraction of sp³-hybridized carbons (Fsp3) is 0.750. The van der Waals surface area contributed by atoms with E-state index >= 15 is 0 Å². The molecule has 0 aromatic carbocycles. The zero-order chi connectivity index (χ0) is 9.68. The summed E-state index contributed by atoms with van der Waals surface area (Å²) in [6.45, 7) is 1.64. The first kappa shape index (κ1) is 10.4. The number of carbonyl (C=O) groups is 1. The number of rotatable bonds is 3. The smallest absolute Gasteiger partial charge is 0.223 e. The molecule has 1 amide bonds. The molecule has 0 aromatic heterocycles. The van der Waals surface area contributed by atoms with Crippen LogP contribution in [0.25, 0.3) is 0 Å². The maximum absolute atomic E-state index is 11.4. The minimum Gasteiger partial charge on any atom is -0.392 e. The molecule has 1 fully saturated rings. The van der Waals surface area contributed by atoms with Crippen LogP contribution in [0.15, 0.2) is 0 Å². The molecule has 1 aliphatic heterocycles. The van der Waals surface area contributed by atoms with Crippen molar-refractivity contribution in [3.05, 3.63) is 0 Å². The van der Waals surface area contributed by atoms with Crippen LogP contribution in [-0.4, -0.2) is 30.7 Å². The van der Waals surface area contributed by atoms with E-state index in [9.17, 15) is 4.79 Å². The van der Waals surface area contributed by atoms with Gasteiger partial charge in [-0.1, -0.05) is 12.2 Å². The normalized spacial score (nSPS) is 18.2. The number of hydrogen-bond donors (Lipinski definition) is 2. The van der Waals surface area contributed by atoms with Crippen LogP contribution in [0.2, 0.25) is 0 Å². The molecule has 0 spiro atoms. The van der Waals surface area contributed by atoms with Gasteiger partial charge in [0.15, 0.2) is 0 Å². The third kappa shape index (κ3) is 3.69. The van der Waals surface area contributed by atoms with Crippen LogP contribution in [0.5, 0.6) is 0 Å². The zero-order valence-corrected chi connectivity index (χ0v) is 8.23. The SMILES string of the molecule is NC(=S)CNC(=O)C1CCOCC1. The van der Waals surface area contributed by atoms with Crippen molar-refractivity contribution in [3.63, 3.8) is 0 Å². The lowest BCUT2D eigenvalue weighted by Crippen LogP contribution is -2.38. The minimum absolute atomic E-state index is 0.0381. The Morgan fingerprint density at radius 1 is 1.54 bits per heavy atom. The number of hydrogen-bond acceptors (Lipinski definition) is 3. The molecule has 1 aliphatic rings. The average Bonchev–Trinajstić information content (AvgIpc) is 2.15. The highest BCUT2D eigenvalue weighted by Gasteiger charge is 2.20. The maximum atomic E-state index is 11.4. The monoisotopic (exact) mass is 202 g/mol. The van der Waals surface area contributed by atoms with Crippen LogP contribution in [0.4, 0.5) is 0 Å². The Hall–Kier alpha value is -0.680. The van der Waals surface area contributed by atoms with Crippen molar-refractivity contribution >= 4 is 23.1 Å². The second-order valence-corrected chi connectivity index (χ2v) is 3.60. The van der Waals surface area contributed by atoms with E-state index < -0.39 is 0 Å². The van der Waals surface area contributed by atoms with Gasteiger partial charge < -0.3 is 15.8 Å². The first-order valence-electron chi connectivity index (χ1n) is 4.34. The Kier molecular flexibility index (Phi) is 4.11. The van der Waals surface area contributed by atoms with Gasteiger partial charge in [0.2, 0.25) is 5.91 Å². The molecular weight excluding hydrogens is 188 g/mol. The molecule has 0 bridgehead atoms. The summed E-state index contributed by atoms with van der Waals surface area (Å²) in [6, 6.07) is 0. The summed E-state index contributed by atoms with van der Waals surface area (Å²) in [5, 5.41) is 2.69. The van der Waals surface area contributed by atoms with Crippen LogP contribution < -0.4 is 11.1 Å². The van der Waals surface area contributed by atoms with Crippen molar-refractivity contribution in [2.45, 2.75) is 12.8 Å². The van der Waals surface area contributed by atoms with E-state index in [0.29, 0.717) is 24.7 Å². The van der Waals surface area contributed by atoms with Gasteiger partial charge in [0.25, 0.3) is 0 Å². The highest BCUT2D eigenvalue weighted by Crippen LogP contribution is 2.14. The Balaban J connectivity index is 2.25. The summed E-state index contributed by atoms with van der Waals surface area (Å²) in [5.41, 5.74) is 5.26. The van der Waals surface area contributed by atoms with Crippen molar-refractivity contribution in [3.8, 4) is 0 Å². The molecule has 0 atom stereocenters. The molecule has 1 heterocycles. The standard InChI is InChI=1S/C8H14N2O2S/c9-7(13)5-10-8(11)6-1-3-12-4-2-6/h6H,1-5H2,(H2,9,13)(H,10,11). The van der Waals surface area contributed by atoms with Crippen LogP contribution >= 0.6 is 12.2 Å². The zero-order valence-electron chi connectivity index (χ0n) is 7.41. The summed E-state index contributed by atoms with van der Waals surface area (Å²) >= 11 is 4.65. The van der Waals surface area contributed by atoms with Crippen molar-refractivity contribution in [2.24, 2.45) is 11.7 Å². The molecule has 1 saturated heterocycles. The second kappa shape index (κ2) is 5.14. The van der Waals surface area contributed by atoms with Gasteiger partial charge in [-0.2, -0.15) is 0 Å². The largest absolute Gasteiger partial charge is 0.392 e. The predicted octanol–water partition coefficient (Wildman–Crippen LogP) is -0.185. The Labute approximate surface area is 82.8 Å². The van der Waals surface area contributed by atoms with Crippen LogP contribution in [0.3, 0.4) is 0 Å². The molecule has 0 aromatic rings. The molecule has 74 valence electrons. The van der Waals surface area contributed by atoms with E-state index in [0.717, 1.165) is 12.8 Å². The molecule has 0 saturated carbocycles. The highest BCUT2D eigenvalue weighted by atomic mass is 32.1. The molecule has 13 heavy (non-hydrogen) atoms. The highest BCUT2D eigenvalue weighted by molar-refractivity contribution is 7.80.